The van der Waals surface area contributed by atoms with Crippen LogP contribution in [0.1, 0.15) is 67.4 Å². The highest BCUT2D eigenvalue weighted by Crippen LogP contribution is 2.56. The van der Waals surface area contributed by atoms with Crippen molar-refractivity contribution in [1.29, 1.82) is 0 Å². The molecule has 1 amide bonds. The summed E-state index contributed by atoms with van der Waals surface area (Å²) in [7, 11) is 0. The topological polar surface area (TPSA) is 64.1 Å². The standard InChI is InChI=1S/C35H35N3O2/c1-21-13-15-27-26(19-21)30-32-31(24-11-7-8-12-25(24)33(30)40-35(27,2)3)37-28-16-14-23(20-29(28)38-32)34(39)36-18-17-22-9-5-4-6-10-22/h4-12,14,16,20-21,26-27H,13,15,17-19H2,1-3H3,(H,36,39). The number of carbonyl (C=O) groups is 1. The first-order valence-corrected chi connectivity index (χ1v) is 14.6. The number of aromatic nitrogens is 2. The summed E-state index contributed by atoms with van der Waals surface area (Å²) < 4.78 is 6.87. The number of hydrogen-bond acceptors (Lipinski definition) is 4. The summed E-state index contributed by atoms with van der Waals surface area (Å²) in [6.45, 7) is 7.44. The molecule has 2 aliphatic rings. The van der Waals surface area contributed by atoms with Gasteiger partial charge in [0.05, 0.1) is 22.1 Å². The molecule has 4 aromatic carbocycles. The zero-order chi connectivity index (χ0) is 27.4. The van der Waals surface area contributed by atoms with E-state index in [2.05, 4.69) is 62.5 Å². The van der Waals surface area contributed by atoms with E-state index in [1.165, 1.54) is 17.5 Å². The molecular formula is C35H35N3O2. The largest absolute Gasteiger partial charge is 0.487 e. The third-order valence-electron chi connectivity index (χ3n) is 9.14. The van der Waals surface area contributed by atoms with E-state index in [1.807, 2.05) is 36.4 Å². The zero-order valence-corrected chi connectivity index (χ0v) is 23.4. The Morgan fingerprint density at radius 3 is 2.50 bits per heavy atom. The normalized spacial score (nSPS) is 21.5. The Morgan fingerprint density at radius 1 is 0.925 bits per heavy atom. The van der Waals surface area contributed by atoms with Crippen molar-refractivity contribution in [2.75, 3.05) is 6.54 Å². The van der Waals surface area contributed by atoms with Crippen LogP contribution in [0.15, 0.2) is 72.8 Å². The third kappa shape index (κ3) is 4.19. The minimum absolute atomic E-state index is 0.0912. The van der Waals surface area contributed by atoms with Crippen molar-refractivity contribution in [1.82, 2.24) is 15.3 Å². The van der Waals surface area contributed by atoms with Crippen molar-refractivity contribution in [2.45, 2.75) is 58.0 Å². The first-order valence-electron chi connectivity index (χ1n) is 14.6. The Labute approximate surface area is 235 Å². The van der Waals surface area contributed by atoms with Gasteiger partial charge >= 0.3 is 0 Å². The number of fused-ring (bicyclic) bond motifs is 9. The molecule has 202 valence electrons. The number of carbonyl (C=O) groups excluding carboxylic acids is 1. The fourth-order valence-corrected chi connectivity index (χ4v) is 7.10. The Morgan fingerprint density at radius 2 is 1.68 bits per heavy atom. The van der Waals surface area contributed by atoms with Crippen LogP contribution >= 0.6 is 0 Å². The molecule has 0 radical (unpaired) electrons. The summed E-state index contributed by atoms with van der Waals surface area (Å²) in [6.07, 6.45) is 4.30. The van der Waals surface area contributed by atoms with E-state index in [1.54, 1.807) is 0 Å². The number of ether oxygens (including phenoxy) is 1. The molecule has 7 rings (SSSR count). The van der Waals surface area contributed by atoms with Crippen LogP contribution in [-0.4, -0.2) is 28.0 Å². The van der Waals surface area contributed by atoms with Crippen LogP contribution in [0.2, 0.25) is 0 Å². The van der Waals surface area contributed by atoms with Crippen LogP contribution in [0.3, 0.4) is 0 Å². The number of nitrogens with zero attached hydrogens (tertiary/aromatic N) is 2. The minimum Gasteiger partial charge on any atom is -0.487 e. The first-order chi connectivity index (χ1) is 19.4. The molecule has 3 unspecified atom stereocenters. The number of nitrogens with one attached hydrogen (secondary N) is 1. The molecule has 1 N–H and O–H groups in total. The number of rotatable bonds is 4. The Hall–Kier alpha value is -3.99. The zero-order valence-electron chi connectivity index (χ0n) is 23.4. The summed E-state index contributed by atoms with van der Waals surface area (Å²) in [5.74, 6) is 2.33. The number of hydrogen-bond donors (Lipinski definition) is 1. The molecule has 5 nitrogen and oxygen atoms in total. The summed E-state index contributed by atoms with van der Waals surface area (Å²) in [4.78, 5) is 23.5. The van der Waals surface area contributed by atoms with Gasteiger partial charge in [0.15, 0.2) is 0 Å². The molecule has 0 saturated heterocycles. The van der Waals surface area contributed by atoms with Crippen molar-refractivity contribution in [3.8, 4) is 5.75 Å². The Bertz CT molecular complexity index is 1760. The lowest BCUT2D eigenvalue weighted by atomic mass is 9.64. The lowest BCUT2D eigenvalue weighted by Gasteiger charge is -2.49. The number of amides is 1. The maximum atomic E-state index is 13.1. The Balaban J connectivity index is 1.34. The highest BCUT2D eigenvalue weighted by molar-refractivity contribution is 6.11. The molecule has 40 heavy (non-hydrogen) atoms. The van der Waals surface area contributed by atoms with Crippen molar-refractivity contribution < 1.29 is 9.53 Å². The van der Waals surface area contributed by atoms with Gasteiger partial charge in [0.25, 0.3) is 5.91 Å². The smallest absolute Gasteiger partial charge is 0.251 e. The van der Waals surface area contributed by atoms with Crippen LogP contribution in [0.4, 0.5) is 0 Å². The van der Waals surface area contributed by atoms with Crippen LogP contribution < -0.4 is 10.1 Å². The van der Waals surface area contributed by atoms with Gasteiger partial charge in [-0.15, -0.1) is 0 Å². The molecule has 5 heteroatoms. The number of benzene rings is 4. The third-order valence-corrected chi connectivity index (χ3v) is 9.14. The second-order valence-electron chi connectivity index (χ2n) is 12.2. The molecular weight excluding hydrogens is 494 g/mol. The fourth-order valence-electron chi connectivity index (χ4n) is 7.10. The van der Waals surface area contributed by atoms with E-state index < -0.39 is 0 Å². The van der Waals surface area contributed by atoms with E-state index in [4.69, 9.17) is 14.7 Å². The van der Waals surface area contributed by atoms with Gasteiger partial charge < -0.3 is 10.1 Å². The Kier molecular flexibility index (Phi) is 5.99. The highest BCUT2D eigenvalue weighted by atomic mass is 16.5. The SMILES string of the molecule is CC1CCC2C(C1)c1c(c3ccccc3c3nc4ccc(C(=O)NCCc5ccccc5)cc4nc13)OC2(C)C. The van der Waals surface area contributed by atoms with Gasteiger partial charge in [-0.1, -0.05) is 67.9 Å². The van der Waals surface area contributed by atoms with Crippen LogP contribution in [0, 0.1) is 11.8 Å². The second-order valence-corrected chi connectivity index (χ2v) is 12.2. The van der Waals surface area contributed by atoms with Crippen molar-refractivity contribution in [3.63, 3.8) is 0 Å². The van der Waals surface area contributed by atoms with Gasteiger partial charge in [-0.05, 0) is 68.7 Å². The van der Waals surface area contributed by atoms with Gasteiger partial charge in [-0.25, -0.2) is 9.97 Å². The molecule has 5 aromatic rings. The lowest BCUT2D eigenvalue weighted by molar-refractivity contribution is -0.0115. The summed E-state index contributed by atoms with van der Waals surface area (Å²) in [5, 5.41) is 5.24. The lowest BCUT2D eigenvalue weighted by Crippen LogP contribution is -2.46. The van der Waals surface area contributed by atoms with Crippen molar-refractivity contribution in [3.05, 3.63) is 89.5 Å². The quantitative estimate of drug-likeness (QED) is 0.192. The molecule has 3 atom stereocenters. The predicted molar refractivity (Wildman–Crippen MR) is 161 cm³/mol. The average Bonchev–Trinajstić information content (AvgIpc) is 2.96. The van der Waals surface area contributed by atoms with Crippen LogP contribution in [0.5, 0.6) is 5.75 Å². The van der Waals surface area contributed by atoms with E-state index in [0.29, 0.717) is 29.9 Å². The van der Waals surface area contributed by atoms with E-state index in [0.717, 1.165) is 57.9 Å². The van der Waals surface area contributed by atoms with E-state index in [9.17, 15) is 4.79 Å². The van der Waals surface area contributed by atoms with Gasteiger partial charge in [-0.3, -0.25) is 4.79 Å². The van der Waals surface area contributed by atoms with Gasteiger partial charge in [0.1, 0.15) is 11.4 Å². The van der Waals surface area contributed by atoms with E-state index >= 15 is 0 Å². The summed E-state index contributed by atoms with van der Waals surface area (Å²) >= 11 is 0. The molecule has 1 saturated carbocycles. The fraction of sp³-hybridized carbons (Fsp3) is 0.343. The van der Waals surface area contributed by atoms with Crippen LogP contribution in [-0.2, 0) is 6.42 Å². The van der Waals surface area contributed by atoms with Crippen molar-refractivity contribution in [2.24, 2.45) is 11.8 Å². The maximum absolute atomic E-state index is 13.1. The molecule has 0 spiro atoms. The highest BCUT2D eigenvalue weighted by Gasteiger charge is 2.47. The molecule has 1 aromatic heterocycles. The predicted octanol–water partition coefficient (Wildman–Crippen LogP) is 7.60. The molecule has 1 aliphatic carbocycles. The van der Waals surface area contributed by atoms with Gasteiger partial charge in [0, 0.05) is 34.4 Å². The summed E-state index contributed by atoms with van der Waals surface area (Å²) in [5.41, 5.74) is 6.14. The average molecular weight is 530 g/mol. The summed E-state index contributed by atoms with van der Waals surface area (Å²) in [6, 6.07) is 24.3. The second kappa shape index (κ2) is 9.58. The van der Waals surface area contributed by atoms with Crippen LogP contribution in [0.25, 0.3) is 32.8 Å². The first kappa shape index (κ1) is 25.0. The van der Waals surface area contributed by atoms with Crippen molar-refractivity contribution >= 4 is 38.7 Å². The monoisotopic (exact) mass is 529 g/mol. The molecule has 1 fully saturated rings. The minimum atomic E-state index is -0.246. The van der Waals surface area contributed by atoms with E-state index in [-0.39, 0.29) is 11.5 Å². The molecule has 0 bridgehead atoms. The van der Waals surface area contributed by atoms with Gasteiger partial charge in [-0.2, -0.15) is 0 Å². The molecule has 2 heterocycles. The maximum Gasteiger partial charge on any atom is 0.251 e. The van der Waals surface area contributed by atoms with Gasteiger partial charge in [0.2, 0.25) is 0 Å². The molecule has 1 aliphatic heterocycles.